The van der Waals surface area contributed by atoms with Gasteiger partial charge in [0.05, 0.1) is 24.1 Å². The van der Waals surface area contributed by atoms with E-state index in [4.69, 9.17) is 0 Å². The Morgan fingerprint density at radius 3 is 2.72 bits per heavy atom. The second kappa shape index (κ2) is 7.06. The monoisotopic (exact) mass is 388 g/mol. The van der Waals surface area contributed by atoms with E-state index < -0.39 is 0 Å². The lowest BCUT2D eigenvalue weighted by molar-refractivity contribution is 0.102. The molecule has 0 aliphatic carbocycles. The summed E-state index contributed by atoms with van der Waals surface area (Å²) < 4.78 is 15.2. The van der Waals surface area contributed by atoms with Crippen LogP contribution in [0, 0.1) is 5.82 Å². The molecule has 1 aromatic carbocycles. The molecule has 0 spiro atoms. The van der Waals surface area contributed by atoms with E-state index >= 15 is 0 Å². The minimum Gasteiger partial charge on any atom is -0.324 e. The van der Waals surface area contributed by atoms with Crippen molar-refractivity contribution in [3.05, 3.63) is 72.2 Å². The fraction of sp³-hybridized carbons (Fsp3) is 0.143. The first kappa shape index (κ1) is 17.4. The normalized spacial score (nSPS) is 13.3. The van der Waals surface area contributed by atoms with E-state index in [1.807, 2.05) is 12.3 Å². The standard InChI is InChI=1S/C21H17FN6O/c22-16-3-1-13(2-4-16)21(29)27-19-8-14-7-17(24-9-15(14)10-25-19)18-11-26-20-12-23-5-6-28(18)20/h1-4,7-11,23H,5-6,12H2,(H,25,27,29). The molecule has 4 heterocycles. The number of hydrogen-bond acceptors (Lipinski definition) is 5. The summed E-state index contributed by atoms with van der Waals surface area (Å²) in [5.41, 5.74) is 2.15. The minimum atomic E-state index is -0.386. The van der Waals surface area contributed by atoms with Crippen LogP contribution in [-0.4, -0.2) is 32.0 Å². The number of benzene rings is 1. The van der Waals surface area contributed by atoms with Crippen LogP contribution in [0.15, 0.2) is 55.0 Å². The van der Waals surface area contributed by atoms with Crippen molar-refractivity contribution >= 4 is 22.5 Å². The lowest BCUT2D eigenvalue weighted by atomic mass is 10.1. The molecule has 0 radical (unpaired) electrons. The van der Waals surface area contributed by atoms with Crippen molar-refractivity contribution < 1.29 is 9.18 Å². The van der Waals surface area contributed by atoms with Gasteiger partial charge in [-0.05, 0) is 41.8 Å². The van der Waals surface area contributed by atoms with E-state index in [1.54, 1.807) is 18.5 Å². The zero-order chi connectivity index (χ0) is 19.8. The number of aromatic nitrogens is 4. The molecular weight excluding hydrogens is 371 g/mol. The lowest BCUT2D eigenvalue weighted by Crippen LogP contribution is -2.28. The number of carbonyl (C=O) groups excluding carboxylic acids is 1. The van der Waals surface area contributed by atoms with Crippen molar-refractivity contribution in [3.63, 3.8) is 0 Å². The SMILES string of the molecule is O=C(Nc1cc2cc(-c3cnc4n3CCNC4)ncc2cn1)c1ccc(F)cc1. The Balaban J connectivity index is 1.46. The van der Waals surface area contributed by atoms with Crippen molar-refractivity contribution in [3.8, 4) is 11.4 Å². The van der Waals surface area contributed by atoms with Gasteiger partial charge in [-0.3, -0.25) is 9.78 Å². The number of nitrogens with zero attached hydrogens (tertiary/aromatic N) is 4. The Labute approximate surface area is 165 Å². The van der Waals surface area contributed by atoms with Gasteiger partial charge in [0.15, 0.2) is 0 Å². The van der Waals surface area contributed by atoms with Gasteiger partial charge in [0, 0.05) is 36.4 Å². The van der Waals surface area contributed by atoms with E-state index in [9.17, 15) is 9.18 Å². The molecule has 1 aliphatic rings. The average Bonchev–Trinajstić information content (AvgIpc) is 3.18. The van der Waals surface area contributed by atoms with Crippen molar-refractivity contribution in [2.75, 3.05) is 11.9 Å². The molecule has 144 valence electrons. The molecule has 5 rings (SSSR count). The predicted octanol–water partition coefficient (Wildman–Crippen LogP) is 2.99. The molecule has 2 N–H and O–H groups in total. The van der Waals surface area contributed by atoms with Gasteiger partial charge in [0.2, 0.25) is 0 Å². The Kier molecular flexibility index (Phi) is 4.25. The smallest absolute Gasteiger partial charge is 0.256 e. The quantitative estimate of drug-likeness (QED) is 0.564. The summed E-state index contributed by atoms with van der Waals surface area (Å²) in [6.45, 7) is 2.49. The Morgan fingerprint density at radius 2 is 1.86 bits per heavy atom. The minimum absolute atomic E-state index is 0.344. The summed E-state index contributed by atoms with van der Waals surface area (Å²) in [7, 11) is 0. The summed E-state index contributed by atoms with van der Waals surface area (Å²) in [5.74, 6) is 0.686. The second-order valence-electron chi connectivity index (χ2n) is 6.84. The third-order valence-electron chi connectivity index (χ3n) is 4.95. The molecule has 1 aliphatic heterocycles. The van der Waals surface area contributed by atoms with Crippen molar-refractivity contribution in [2.24, 2.45) is 0 Å². The molecule has 0 unspecified atom stereocenters. The summed E-state index contributed by atoms with van der Waals surface area (Å²) >= 11 is 0. The highest BCUT2D eigenvalue weighted by molar-refractivity contribution is 6.04. The molecule has 4 aromatic rings. The topological polar surface area (TPSA) is 84.7 Å². The van der Waals surface area contributed by atoms with Crippen molar-refractivity contribution in [1.29, 1.82) is 0 Å². The van der Waals surface area contributed by atoms with E-state index in [0.29, 0.717) is 11.4 Å². The summed E-state index contributed by atoms with van der Waals surface area (Å²) in [5, 5.41) is 7.84. The van der Waals surface area contributed by atoms with Crippen LogP contribution in [0.2, 0.25) is 0 Å². The van der Waals surface area contributed by atoms with Crippen LogP contribution in [0.3, 0.4) is 0 Å². The van der Waals surface area contributed by atoms with E-state index in [-0.39, 0.29) is 11.7 Å². The van der Waals surface area contributed by atoms with Crippen LogP contribution in [-0.2, 0) is 13.1 Å². The average molecular weight is 388 g/mol. The predicted molar refractivity (Wildman–Crippen MR) is 107 cm³/mol. The van der Waals surface area contributed by atoms with E-state index in [2.05, 4.69) is 30.2 Å². The summed E-state index contributed by atoms with van der Waals surface area (Å²) in [6.07, 6.45) is 5.28. The first-order valence-corrected chi connectivity index (χ1v) is 9.25. The van der Waals surface area contributed by atoms with Gasteiger partial charge in [-0.2, -0.15) is 0 Å². The number of hydrogen-bond donors (Lipinski definition) is 2. The molecule has 29 heavy (non-hydrogen) atoms. The van der Waals surface area contributed by atoms with Gasteiger partial charge in [0.25, 0.3) is 5.91 Å². The molecule has 8 heteroatoms. The van der Waals surface area contributed by atoms with Crippen LogP contribution < -0.4 is 10.6 Å². The third kappa shape index (κ3) is 3.34. The van der Waals surface area contributed by atoms with Gasteiger partial charge in [-0.1, -0.05) is 0 Å². The summed E-state index contributed by atoms with van der Waals surface area (Å²) in [4.78, 5) is 25.7. The number of anilines is 1. The molecule has 7 nitrogen and oxygen atoms in total. The van der Waals surface area contributed by atoms with Crippen LogP contribution in [0.1, 0.15) is 16.2 Å². The number of amides is 1. The van der Waals surface area contributed by atoms with Gasteiger partial charge in [0.1, 0.15) is 17.5 Å². The molecule has 0 fully saturated rings. The van der Waals surface area contributed by atoms with Gasteiger partial charge >= 0.3 is 0 Å². The second-order valence-corrected chi connectivity index (χ2v) is 6.84. The highest BCUT2D eigenvalue weighted by atomic mass is 19.1. The number of halogens is 1. The molecular formula is C21H17FN6O. The Hall–Kier alpha value is -3.65. The van der Waals surface area contributed by atoms with Gasteiger partial charge in [-0.15, -0.1) is 0 Å². The zero-order valence-electron chi connectivity index (χ0n) is 15.4. The fourth-order valence-electron chi connectivity index (χ4n) is 3.44. The molecule has 0 bridgehead atoms. The molecule has 1 amide bonds. The Bertz CT molecular complexity index is 1220. The van der Waals surface area contributed by atoms with Crippen LogP contribution in [0.5, 0.6) is 0 Å². The third-order valence-corrected chi connectivity index (χ3v) is 4.95. The van der Waals surface area contributed by atoms with Crippen molar-refractivity contribution in [1.82, 2.24) is 24.8 Å². The fourth-order valence-corrected chi connectivity index (χ4v) is 3.44. The summed E-state index contributed by atoms with van der Waals surface area (Å²) in [6, 6.07) is 9.15. The molecule has 3 aromatic heterocycles. The van der Waals surface area contributed by atoms with Crippen LogP contribution in [0.4, 0.5) is 10.2 Å². The van der Waals surface area contributed by atoms with E-state index in [0.717, 1.165) is 47.6 Å². The molecule has 0 saturated carbocycles. The number of carbonyl (C=O) groups is 1. The number of nitrogens with one attached hydrogen (secondary N) is 2. The van der Waals surface area contributed by atoms with Crippen molar-refractivity contribution in [2.45, 2.75) is 13.1 Å². The first-order valence-electron chi connectivity index (χ1n) is 9.25. The number of imidazole rings is 1. The first-order chi connectivity index (χ1) is 14.2. The maximum Gasteiger partial charge on any atom is 0.256 e. The highest BCUT2D eigenvalue weighted by Gasteiger charge is 2.16. The Morgan fingerprint density at radius 1 is 1.03 bits per heavy atom. The molecule has 0 saturated heterocycles. The number of rotatable bonds is 3. The largest absolute Gasteiger partial charge is 0.324 e. The maximum absolute atomic E-state index is 13.1. The zero-order valence-corrected chi connectivity index (χ0v) is 15.4. The van der Waals surface area contributed by atoms with Gasteiger partial charge < -0.3 is 15.2 Å². The van der Waals surface area contributed by atoms with Gasteiger partial charge in [-0.25, -0.2) is 14.4 Å². The van der Waals surface area contributed by atoms with Crippen LogP contribution in [0.25, 0.3) is 22.2 Å². The maximum atomic E-state index is 13.1. The molecule has 0 atom stereocenters. The highest BCUT2D eigenvalue weighted by Crippen LogP contribution is 2.25. The van der Waals surface area contributed by atoms with Crippen LogP contribution >= 0.6 is 0 Å². The number of pyridine rings is 2. The number of fused-ring (bicyclic) bond motifs is 2. The lowest BCUT2D eigenvalue weighted by Gasteiger charge is -2.17. The van der Waals surface area contributed by atoms with E-state index in [1.165, 1.54) is 24.3 Å².